The number of primary amides is 1. The predicted molar refractivity (Wildman–Crippen MR) is 108 cm³/mol. The number of aliphatic hydroxyl groups is 1. The molecule has 146 valence electrons. The number of hydrogen-bond acceptors (Lipinski definition) is 4. The fourth-order valence-electron chi connectivity index (χ4n) is 3.65. The van der Waals surface area contributed by atoms with Crippen LogP contribution in [0.5, 0.6) is 0 Å². The summed E-state index contributed by atoms with van der Waals surface area (Å²) in [4.78, 5) is 30.4. The van der Waals surface area contributed by atoms with Gasteiger partial charge in [0, 0.05) is 36.2 Å². The summed E-state index contributed by atoms with van der Waals surface area (Å²) in [5.41, 5.74) is 7.56. The van der Waals surface area contributed by atoms with Crippen LogP contribution in [0.4, 0.5) is 5.69 Å². The van der Waals surface area contributed by atoms with Gasteiger partial charge in [-0.3, -0.25) is 9.59 Å². The monoisotopic (exact) mass is 388 g/mol. The molecule has 1 unspecified atom stereocenters. The number of hydrogen-bond donors (Lipinski definition) is 2. The van der Waals surface area contributed by atoms with E-state index in [1.165, 1.54) is 0 Å². The highest BCUT2D eigenvalue weighted by atomic mass is 16.3. The molecule has 3 aromatic rings. The van der Waals surface area contributed by atoms with Gasteiger partial charge < -0.3 is 20.3 Å². The number of nitrogens with two attached hydrogens (primary N) is 1. The van der Waals surface area contributed by atoms with Crippen molar-refractivity contribution in [3.05, 3.63) is 90.2 Å². The van der Waals surface area contributed by atoms with E-state index in [0.29, 0.717) is 12.1 Å². The zero-order chi connectivity index (χ0) is 20.4. The molecular formula is C22H20N4O3. The molecule has 0 spiro atoms. The number of carbonyl (C=O) groups excluding carboxylic acids is 2. The maximum absolute atomic E-state index is 13.1. The van der Waals surface area contributed by atoms with E-state index >= 15 is 0 Å². The summed E-state index contributed by atoms with van der Waals surface area (Å²) in [6.45, 7) is 0. The van der Waals surface area contributed by atoms with Crippen molar-refractivity contribution < 1.29 is 14.7 Å². The molecule has 4 rings (SSSR count). The Bertz CT molecular complexity index is 1060. The van der Waals surface area contributed by atoms with Crippen molar-refractivity contribution in [2.24, 2.45) is 5.73 Å². The van der Waals surface area contributed by atoms with E-state index < -0.39 is 11.8 Å². The summed E-state index contributed by atoms with van der Waals surface area (Å²) in [6, 6.07) is 16.7. The summed E-state index contributed by atoms with van der Waals surface area (Å²) in [5.74, 6) is -1.77. The molecule has 2 aromatic carbocycles. The number of nitrogens with zero attached hydrogens (tertiary/aromatic N) is 3. The number of benzene rings is 2. The van der Waals surface area contributed by atoms with Crippen LogP contribution in [-0.2, 0) is 16.0 Å². The lowest BCUT2D eigenvalue weighted by molar-refractivity contribution is -0.121. The highest BCUT2D eigenvalue weighted by molar-refractivity contribution is 6.24. The molecule has 7 nitrogen and oxygen atoms in total. The van der Waals surface area contributed by atoms with Crippen LogP contribution < -0.4 is 10.6 Å². The first-order chi connectivity index (χ1) is 14.0. The minimum atomic E-state index is -0.925. The standard InChI is InChI=1S/C22H20N4O3/c23-21(28)20-19(27)13-18(12-15-4-2-1-3-5-15)26(22(20)29)17-8-6-16(7-9-17)25-11-10-24-14-25/h1-11,14,18,27H,12-13H2,(H2,23,28). The van der Waals surface area contributed by atoms with Crippen molar-refractivity contribution in [1.29, 1.82) is 0 Å². The van der Waals surface area contributed by atoms with Crippen molar-refractivity contribution in [2.45, 2.75) is 18.9 Å². The van der Waals surface area contributed by atoms with Crippen LogP contribution in [-0.4, -0.2) is 32.5 Å². The number of aromatic nitrogens is 2. The molecule has 0 bridgehead atoms. The second kappa shape index (κ2) is 7.63. The lowest BCUT2D eigenvalue weighted by Crippen LogP contribution is -2.48. The zero-order valence-corrected chi connectivity index (χ0v) is 15.6. The molecule has 0 saturated carbocycles. The van der Waals surface area contributed by atoms with E-state index in [0.717, 1.165) is 11.3 Å². The third-order valence-corrected chi connectivity index (χ3v) is 5.01. The molecule has 1 aromatic heterocycles. The molecule has 7 heteroatoms. The Morgan fingerprint density at radius 2 is 1.79 bits per heavy atom. The number of imidazole rings is 1. The third kappa shape index (κ3) is 3.62. The van der Waals surface area contributed by atoms with Crippen molar-refractivity contribution in [3.8, 4) is 5.69 Å². The van der Waals surface area contributed by atoms with Gasteiger partial charge in [0.15, 0.2) is 0 Å². The van der Waals surface area contributed by atoms with Crippen LogP contribution in [0.25, 0.3) is 5.69 Å². The molecule has 0 aliphatic carbocycles. The van der Waals surface area contributed by atoms with Gasteiger partial charge in [0.05, 0.1) is 6.33 Å². The fourth-order valence-corrected chi connectivity index (χ4v) is 3.65. The summed E-state index contributed by atoms with van der Waals surface area (Å²) < 4.78 is 1.85. The summed E-state index contributed by atoms with van der Waals surface area (Å²) in [5, 5.41) is 10.3. The Kier molecular flexibility index (Phi) is 4.87. The Balaban J connectivity index is 1.71. The van der Waals surface area contributed by atoms with E-state index in [1.54, 1.807) is 17.4 Å². The molecule has 2 heterocycles. The van der Waals surface area contributed by atoms with Crippen LogP contribution in [0.1, 0.15) is 12.0 Å². The summed E-state index contributed by atoms with van der Waals surface area (Å²) in [6.07, 6.45) is 5.88. The molecule has 29 heavy (non-hydrogen) atoms. The first-order valence-electron chi connectivity index (χ1n) is 9.22. The average molecular weight is 388 g/mol. The van der Waals surface area contributed by atoms with Crippen molar-refractivity contribution in [3.63, 3.8) is 0 Å². The minimum Gasteiger partial charge on any atom is -0.511 e. The average Bonchev–Trinajstić information content (AvgIpc) is 3.23. The highest BCUT2D eigenvalue weighted by Crippen LogP contribution is 2.31. The number of anilines is 1. The lowest BCUT2D eigenvalue weighted by atomic mass is 9.93. The van der Waals surface area contributed by atoms with Crippen molar-refractivity contribution in [2.75, 3.05) is 4.90 Å². The number of carbonyl (C=O) groups is 2. The Morgan fingerprint density at radius 3 is 2.41 bits per heavy atom. The molecule has 0 radical (unpaired) electrons. The maximum atomic E-state index is 13.1. The molecule has 2 amide bonds. The molecule has 0 fully saturated rings. The SMILES string of the molecule is NC(=O)C1=C(O)CC(Cc2ccccc2)N(c2ccc(-n3ccnc3)cc2)C1=O. The first-order valence-corrected chi connectivity index (χ1v) is 9.22. The van der Waals surface area contributed by atoms with Crippen LogP contribution in [0.3, 0.4) is 0 Å². The maximum Gasteiger partial charge on any atom is 0.267 e. The van der Waals surface area contributed by atoms with Gasteiger partial charge in [-0.25, -0.2) is 4.98 Å². The van der Waals surface area contributed by atoms with Crippen molar-refractivity contribution in [1.82, 2.24) is 9.55 Å². The van der Waals surface area contributed by atoms with E-state index in [-0.39, 0.29) is 23.8 Å². The topological polar surface area (TPSA) is 101 Å². The number of rotatable bonds is 5. The van der Waals surface area contributed by atoms with E-state index in [2.05, 4.69) is 4.98 Å². The summed E-state index contributed by atoms with van der Waals surface area (Å²) in [7, 11) is 0. The minimum absolute atomic E-state index is 0.155. The summed E-state index contributed by atoms with van der Waals surface area (Å²) >= 11 is 0. The lowest BCUT2D eigenvalue weighted by Gasteiger charge is -2.36. The van der Waals surface area contributed by atoms with E-state index in [9.17, 15) is 14.7 Å². The Hall–Kier alpha value is -3.87. The number of amides is 2. The molecule has 1 aliphatic heterocycles. The van der Waals surface area contributed by atoms with Gasteiger partial charge in [0.1, 0.15) is 11.3 Å². The van der Waals surface area contributed by atoms with Crippen LogP contribution in [0.15, 0.2) is 84.7 Å². The zero-order valence-electron chi connectivity index (χ0n) is 15.6. The normalized spacial score (nSPS) is 16.9. The predicted octanol–water partition coefficient (Wildman–Crippen LogP) is 2.52. The van der Waals surface area contributed by atoms with Gasteiger partial charge in [0.2, 0.25) is 0 Å². The van der Waals surface area contributed by atoms with E-state index in [4.69, 9.17) is 5.73 Å². The molecule has 0 saturated heterocycles. The van der Waals surface area contributed by atoms with Gasteiger partial charge in [-0.2, -0.15) is 0 Å². The number of aliphatic hydroxyl groups excluding tert-OH is 1. The fraction of sp³-hybridized carbons (Fsp3) is 0.136. The van der Waals surface area contributed by atoms with Gasteiger partial charge in [-0.15, -0.1) is 0 Å². The quantitative estimate of drug-likeness (QED) is 0.656. The Morgan fingerprint density at radius 1 is 1.10 bits per heavy atom. The molecule has 1 atom stereocenters. The van der Waals surface area contributed by atoms with Gasteiger partial charge in [-0.1, -0.05) is 30.3 Å². The highest BCUT2D eigenvalue weighted by Gasteiger charge is 2.38. The molecular weight excluding hydrogens is 368 g/mol. The first kappa shape index (κ1) is 18.5. The molecule has 1 aliphatic rings. The molecule has 3 N–H and O–H groups in total. The van der Waals surface area contributed by atoms with Crippen molar-refractivity contribution >= 4 is 17.5 Å². The van der Waals surface area contributed by atoms with Crippen LogP contribution in [0, 0.1) is 0 Å². The van der Waals surface area contributed by atoms with Gasteiger partial charge in [-0.05, 0) is 36.2 Å². The second-order valence-electron chi connectivity index (χ2n) is 6.90. The smallest absolute Gasteiger partial charge is 0.267 e. The largest absolute Gasteiger partial charge is 0.511 e. The third-order valence-electron chi connectivity index (χ3n) is 5.01. The van der Waals surface area contributed by atoms with Crippen LogP contribution >= 0.6 is 0 Å². The second-order valence-corrected chi connectivity index (χ2v) is 6.90. The van der Waals surface area contributed by atoms with E-state index in [1.807, 2.05) is 65.4 Å². The van der Waals surface area contributed by atoms with Gasteiger partial charge in [0.25, 0.3) is 11.8 Å². The Labute approximate surface area is 167 Å². The van der Waals surface area contributed by atoms with Gasteiger partial charge >= 0.3 is 0 Å². The van der Waals surface area contributed by atoms with Crippen LogP contribution in [0.2, 0.25) is 0 Å².